The largest absolute Gasteiger partial charge is 0.351 e. The van der Waals surface area contributed by atoms with Crippen LogP contribution in [0.1, 0.15) is 0 Å². The molecule has 0 heterocycles. The molecule has 0 saturated heterocycles. The minimum absolute atomic E-state index is 0.475. The first-order valence-corrected chi connectivity index (χ1v) is 4.95. The maximum atomic E-state index is 5.38. The highest BCUT2D eigenvalue weighted by molar-refractivity contribution is 4.91. The van der Waals surface area contributed by atoms with Gasteiger partial charge in [0.25, 0.3) is 0 Å². The summed E-state index contributed by atoms with van der Waals surface area (Å²) in [6.45, 7) is 2.38. The van der Waals surface area contributed by atoms with Crippen LogP contribution in [0.5, 0.6) is 0 Å². The van der Waals surface area contributed by atoms with Crippen LogP contribution in [0.3, 0.4) is 0 Å². The quantitative estimate of drug-likeness (QED) is 0.400. The van der Waals surface area contributed by atoms with Crippen molar-refractivity contribution in [2.24, 2.45) is 11.5 Å². The van der Waals surface area contributed by atoms with Crippen LogP contribution in [0.15, 0.2) is 0 Å². The van der Waals surface area contributed by atoms with Crippen LogP contribution in [-0.2, 0) is 9.47 Å². The van der Waals surface area contributed by atoms with Crippen LogP contribution in [0.25, 0.3) is 0 Å². The summed E-state index contributed by atoms with van der Waals surface area (Å²) in [5.41, 5.74) is 10.8. The molecular weight excluding hydrogens is 206 g/mol. The monoisotopic (exact) mass is 225 g/mol. The Morgan fingerprint density at radius 2 is 1.44 bits per heavy atom. The van der Waals surface area contributed by atoms with Gasteiger partial charge in [0.05, 0.1) is 13.2 Å². The Morgan fingerprint density at radius 1 is 1.06 bits per heavy atom. The van der Waals surface area contributed by atoms with E-state index in [0.717, 1.165) is 0 Å². The van der Waals surface area contributed by atoms with Crippen LogP contribution in [0, 0.1) is 24.7 Å². The number of nitrogens with zero attached hydrogens (tertiary/aromatic N) is 1. The molecule has 0 aromatic rings. The van der Waals surface area contributed by atoms with Gasteiger partial charge in [-0.1, -0.05) is 11.8 Å². The first-order chi connectivity index (χ1) is 7.60. The maximum absolute atomic E-state index is 5.38. The van der Waals surface area contributed by atoms with Gasteiger partial charge in [-0.3, -0.25) is 11.5 Å². The summed E-state index contributed by atoms with van der Waals surface area (Å²) in [6.07, 6.45) is 8.82. The van der Waals surface area contributed by atoms with E-state index >= 15 is 0 Å². The Balaban J connectivity index is 3.43. The van der Waals surface area contributed by atoms with E-state index in [-0.39, 0.29) is 0 Å². The fourth-order valence-corrected chi connectivity index (χ4v) is 0.879. The average Bonchev–Trinajstić information content (AvgIpc) is 2.28. The molecular formula is C11H19N3O2. The van der Waals surface area contributed by atoms with Crippen LogP contribution in [-0.4, -0.2) is 50.7 Å². The van der Waals surface area contributed by atoms with E-state index in [0.29, 0.717) is 26.3 Å². The lowest BCUT2D eigenvalue weighted by molar-refractivity contribution is 0.0548. The van der Waals surface area contributed by atoms with E-state index in [1.807, 2.05) is 11.9 Å². The Hall–Kier alpha value is -1.08. The van der Waals surface area contributed by atoms with Gasteiger partial charge in [-0.15, -0.1) is 12.8 Å². The average molecular weight is 225 g/mol. The van der Waals surface area contributed by atoms with Crippen molar-refractivity contribution in [3.63, 3.8) is 0 Å². The molecule has 0 aliphatic carbocycles. The van der Waals surface area contributed by atoms with Crippen molar-refractivity contribution in [3.05, 3.63) is 0 Å². The second-order valence-electron chi connectivity index (χ2n) is 3.22. The Kier molecular flexibility index (Phi) is 8.55. The van der Waals surface area contributed by atoms with E-state index in [2.05, 4.69) is 11.8 Å². The lowest BCUT2D eigenvalue weighted by atomic mass is 10.5. The lowest BCUT2D eigenvalue weighted by Gasteiger charge is -2.17. The fourth-order valence-electron chi connectivity index (χ4n) is 0.879. The Labute approximate surface area is 97.1 Å². The lowest BCUT2D eigenvalue weighted by Crippen LogP contribution is -2.32. The molecule has 0 aliphatic rings. The van der Waals surface area contributed by atoms with E-state index in [9.17, 15) is 0 Å². The SMILES string of the molecule is C#CC(N)OCCN(C)CCOC(N)C#C. The summed E-state index contributed by atoms with van der Waals surface area (Å²) in [5.74, 6) is 4.56. The molecule has 2 atom stereocenters. The first-order valence-electron chi connectivity index (χ1n) is 4.95. The van der Waals surface area contributed by atoms with E-state index in [4.69, 9.17) is 33.8 Å². The molecule has 0 rings (SSSR count). The Bertz CT molecular complexity index is 231. The van der Waals surface area contributed by atoms with Crippen LogP contribution < -0.4 is 11.5 Å². The minimum Gasteiger partial charge on any atom is -0.351 e. The van der Waals surface area contributed by atoms with Gasteiger partial charge >= 0.3 is 0 Å². The van der Waals surface area contributed by atoms with Gasteiger partial charge in [0.1, 0.15) is 0 Å². The van der Waals surface area contributed by atoms with Gasteiger partial charge in [0.15, 0.2) is 12.5 Å². The molecule has 0 spiro atoms. The topological polar surface area (TPSA) is 73.7 Å². The zero-order valence-electron chi connectivity index (χ0n) is 9.56. The number of ether oxygens (including phenoxy) is 2. The first kappa shape index (κ1) is 14.9. The fraction of sp³-hybridized carbons (Fsp3) is 0.636. The van der Waals surface area contributed by atoms with Gasteiger partial charge < -0.3 is 14.4 Å². The molecule has 90 valence electrons. The molecule has 0 amide bonds. The van der Waals surface area contributed by atoms with Gasteiger partial charge in [-0.2, -0.15) is 0 Å². The van der Waals surface area contributed by atoms with Gasteiger partial charge in [0.2, 0.25) is 0 Å². The van der Waals surface area contributed by atoms with Crippen molar-refractivity contribution in [3.8, 4) is 24.7 Å². The van der Waals surface area contributed by atoms with Crippen molar-refractivity contribution in [2.75, 3.05) is 33.4 Å². The Morgan fingerprint density at radius 3 is 1.75 bits per heavy atom. The van der Waals surface area contributed by atoms with E-state index < -0.39 is 12.5 Å². The number of likely N-dealkylation sites (N-methyl/N-ethyl adjacent to an activating group) is 1. The normalized spacial score (nSPS) is 14.1. The number of hydrogen-bond donors (Lipinski definition) is 2. The molecule has 0 radical (unpaired) electrons. The third-order valence-electron chi connectivity index (χ3n) is 1.87. The summed E-state index contributed by atoms with van der Waals surface area (Å²) in [7, 11) is 1.93. The summed E-state index contributed by atoms with van der Waals surface area (Å²) in [5, 5.41) is 0. The minimum atomic E-state index is -0.639. The third-order valence-corrected chi connectivity index (χ3v) is 1.87. The molecule has 5 nitrogen and oxygen atoms in total. The molecule has 16 heavy (non-hydrogen) atoms. The van der Waals surface area contributed by atoms with E-state index in [1.165, 1.54) is 0 Å². The summed E-state index contributed by atoms with van der Waals surface area (Å²) in [6, 6.07) is 0. The number of rotatable bonds is 8. The predicted molar refractivity (Wildman–Crippen MR) is 63.0 cm³/mol. The highest BCUT2D eigenvalue weighted by Crippen LogP contribution is 1.88. The highest BCUT2D eigenvalue weighted by atomic mass is 16.5. The molecule has 0 saturated carbocycles. The highest BCUT2D eigenvalue weighted by Gasteiger charge is 2.02. The van der Waals surface area contributed by atoms with Gasteiger partial charge in [-0.25, -0.2) is 0 Å². The number of nitrogens with two attached hydrogens (primary N) is 2. The van der Waals surface area contributed by atoms with Crippen molar-refractivity contribution >= 4 is 0 Å². The van der Waals surface area contributed by atoms with Crippen LogP contribution >= 0.6 is 0 Å². The predicted octanol–water partition coefficient (Wildman–Crippen LogP) is -1.21. The molecule has 0 bridgehead atoms. The van der Waals surface area contributed by atoms with Gasteiger partial charge in [-0.05, 0) is 7.05 Å². The van der Waals surface area contributed by atoms with Crippen molar-refractivity contribution in [1.82, 2.24) is 4.90 Å². The standard InChI is InChI=1S/C11H19N3O2/c1-4-10(12)15-8-6-14(3)7-9-16-11(13)5-2/h1-2,10-11H,6-9,12-13H2,3H3. The molecule has 0 aromatic carbocycles. The molecule has 5 heteroatoms. The third kappa shape index (κ3) is 8.25. The maximum Gasteiger partial charge on any atom is 0.168 e. The number of terminal acetylenes is 2. The smallest absolute Gasteiger partial charge is 0.168 e. The summed E-state index contributed by atoms with van der Waals surface area (Å²) in [4.78, 5) is 2.01. The van der Waals surface area contributed by atoms with Crippen molar-refractivity contribution in [2.45, 2.75) is 12.5 Å². The zero-order chi connectivity index (χ0) is 12.4. The summed E-state index contributed by atoms with van der Waals surface area (Å²) < 4.78 is 10.2. The second kappa shape index (κ2) is 9.17. The molecule has 0 fully saturated rings. The molecule has 0 aromatic heterocycles. The van der Waals surface area contributed by atoms with Crippen LogP contribution in [0.4, 0.5) is 0 Å². The molecule has 4 N–H and O–H groups in total. The van der Waals surface area contributed by atoms with Crippen molar-refractivity contribution in [1.29, 1.82) is 0 Å². The van der Waals surface area contributed by atoms with Crippen molar-refractivity contribution < 1.29 is 9.47 Å². The molecule has 0 aliphatic heterocycles. The molecule has 2 unspecified atom stereocenters. The summed E-state index contributed by atoms with van der Waals surface area (Å²) >= 11 is 0. The van der Waals surface area contributed by atoms with Crippen LogP contribution in [0.2, 0.25) is 0 Å². The zero-order valence-corrected chi connectivity index (χ0v) is 9.56. The van der Waals surface area contributed by atoms with Gasteiger partial charge in [0, 0.05) is 13.1 Å². The van der Waals surface area contributed by atoms with E-state index in [1.54, 1.807) is 0 Å². The number of hydrogen-bond acceptors (Lipinski definition) is 5. The second-order valence-corrected chi connectivity index (χ2v) is 3.22.